The van der Waals surface area contributed by atoms with Crippen molar-refractivity contribution in [3.63, 3.8) is 0 Å². The van der Waals surface area contributed by atoms with E-state index in [0.29, 0.717) is 12.1 Å². The maximum absolute atomic E-state index is 5.44. The molecule has 0 spiro atoms. The van der Waals surface area contributed by atoms with Gasteiger partial charge in [-0.1, -0.05) is 26.0 Å². The number of rotatable bonds is 0. The molecule has 0 saturated carbocycles. The standard InChI is InChI=1S/C11H14N2O.C2H6/c1-7-12-10-3-2-8-6-14-5-4-9(8)11(10)13-7;1-2/h2-3,10-11H,4-6H2,1H3,(H,12,13);1-2H3. The summed E-state index contributed by atoms with van der Waals surface area (Å²) in [4.78, 5) is 4.64. The molecule has 3 heteroatoms. The number of hydrogen-bond donors (Lipinski definition) is 1. The minimum Gasteiger partial charge on any atom is -0.376 e. The Kier molecular flexibility index (Phi) is 3.44. The third-order valence-corrected chi connectivity index (χ3v) is 3.10. The van der Waals surface area contributed by atoms with E-state index >= 15 is 0 Å². The highest BCUT2D eigenvalue weighted by Crippen LogP contribution is 2.30. The van der Waals surface area contributed by atoms with Crippen molar-refractivity contribution >= 4 is 5.84 Å². The molecule has 3 nitrogen and oxygen atoms in total. The van der Waals surface area contributed by atoms with Crippen molar-refractivity contribution in [2.75, 3.05) is 13.2 Å². The van der Waals surface area contributed by atoms with Crippen LogP contribution in [0.25, 0.3) is 0 Å². The van der Waals surface area contributed by atoms with Crippen LogP contribution in [0, 0.1) is 0 Å². The van der Waals surface area contributed by atoms with E-state index in [9.17, 15) is 0 Å². The topological polar surface area (TPSA) is 33.6 Å². The number of hydrogen-bond acceptors (Lipinski definition) is 3. The van der Waals surface area contributed by atoms with Gasteiger partial charge in [0.25, 0.3) is 0 Å². The molecule has 0 aromatic rings. The molecule has 1 aliphatic carbocycles. The first kappa shape index (κ1) is 11.4. The Labute approximate surface area is 97.3 Å². The lowest BCUT2D eigenvalue weighted by Gasteiger charge is -2.28. The van der Waals surface area contributed by atoms with Crippen molar-refractivity contribution in [3.8, 4) is 0 Å². The fourth-order valence-electron chi connectivity index (χ4n) is 2.42. The molecule has 3 aliphatic rings. The van der Waals surface area contributed by atoms with E-state index in [1.165, 1.54) is 11.1 Å². The number of ether oxygens (including phenoxy) is 1. The van der Waals surface area contributed by atoms with Crippen LogP contribution in [0.15, 0.2) is 28.3 Å². The van der Waals surface area contributed by atoms with Gasteiger partial charge in [-0.3, -0.25) is 4.99 Å². The van der Waals surface area contributed by atoms with Gasteiger partial charge in [-0.25, -0.2) is 0 Å². The maximum atomic E-state index is 5.44. The van der Waals surface area contributed by atoms with Gasteiger partial charge in [0.1, 0.15) is 0 Å². The SMILES string of the molecule is CC.CC1=NC2C3=C(C=CC2N1)COCC3. The van der Waals surface area contributed by atoms with Crippen LogP contribution in [0.3, 0.4) is 0 Å². The van der Waals surface area contributed by atoms with Crippen molar-refractivity contribution in [1.82, 2.24) is 5.32 Å². The summed E-state index contributed by atoms with van der Waals surface area (Å²) in [5.74, 6) is 1.06. The fourth-order valence-corrected chi connectivity index (χ4v) is 2.42. The predicted octanol–water partition coefficient (Wildman–Crippen LogP) is 2.06. The van der Waals surface area contributed by atoms with Crippen molar-refractivity contribution in [1.29, 1.82) is 0 Å². The second-order valence-corrected chi connectivity index (χ2v) is 4.04. The van der Waals surface area contributed by atoms with Gasteiger partial charge in [0, 0.05) is 0 Å². The van der Waals surface area contributed by atoms with Crippen LogP contribution in [-0.2, 0) is 4.74 Å². The summed E-state index contributed by atoms with van der Waals surface area (Å²) in [5, 5.41) is 3.38. The molecule has 2 atom stereocenters. The number of fused-ring (bicyclic) bond motifs is 2. The van der Waals surface area contributed by atoms with Crippen LogP contribution in [0.4, 0.5) is 0 Å². The van der Waals surface area contributed by atoms with E-state index in [2.05, 4.69) is 22.5 Å². The molecular formula is C13H20N2O. The smallest absolute Gasteiger partial charge is 0.0974 e. The van der Waals surface area contributed by atoms with Crippen LogP contribution < -0.4 is 5.32 Å². The van der Waals surface area contributed by atoms with Gasteiger partial charge in [0.15, 0.2) is 0 Å². The van der Waals surface area contributed by atoms with E-state index in [1.54, 1.807) is 0 Å². The molecule has 2 heterocycles. The normalized spacial score (nSPS) is 30.8. The third-order valence-electron chi connectivity index (χ3n) is 3.10. The summed E-state index contributed by atoms with van der Waals surface area (Å²) in [7, 11) is 0. The minimum absolute atomic E-state index is 0.346. The Morgan fingerprint density at radius 2 is 2.25 bits per heavy atom. The highest BCUT2D eigenvalue weighted by Gasteiger charge is 2.33. The molecule has 0 bridgehead atoms. The number of amidine groups is 1. The Bertz CT molecular complexity index is 355. The van der Waals surface area contributed by atoms with Crippen LogP contribution in [-0.4, -0.2) is 31.1 Å². The number of nitrogens with zero attached hydrogens (tertiary/aromatic N) is 1. The van der Waals surface area contributed by atoms with Crippen molar-refractivity contribution in [2.24, 2.45) is 4.99 Å². The first-order valence-electron chi connectivity index (χ1n) is 6.13. The number of nitrogens with one attached hydrogen (secondary N) is 1. The lowest BCUT2D eigenvalue weighted by molar-refractivity contribution is 0.145. The second kappa shape index (κ2) is 4.83. The van der Waals surface area contributed by atoms with E-state index in [0.717, 1.165) is 25.5 Å². The zero-order valence-corrected chi connectivity index (χ0v) is 10.3. The predicted molar refractivity (Wildman–Crippen MR) is 66.8 cm³/mol. The second-order valence-electron chi connectivity index (χ2n) is 4.04. The monoisotopic (exact) mass is 220 g/mol. The zero-order valence-electron chi connectivity index (χ0n) is 10.3. The fraction of sp³-hybridized carbons (Fsp3) is 0.615. The molecule has 16 heavy (non-hydrogen) atoms. The molecular weight excluding hydrogens is 200 g/mol. The summed E-state index contributed by atoms with van der Waals surface area (Å²) >= 11 is 0. The van der Waals surface area contributed by atoms with Gasteiger partial charge >= 0.3 is 0 Å². The molecule has 2 unspecified atom stereocenters. The lowest BCUT2D eigenvalue weighted by Crippen LogP contribution is -2.36. The zero-order chi connectivity index (χ0) is 11.5. The van der Waals surface area contributed by atoms with Crippen LogP contribution in [0.2, 0.25) is 0 Å². The molecule has 0 aromatic carbocycles. The first-order valence-corrected chi connectivity index (χ1v) is 6.13. The quantitative estimate of drug-likeness (QED) is 0.678. The van der Waals surface area contributed by atoms with E-state index < -0.39 is 0 Å². The van der Waals surface area contributed by atoms with Crippen molar-refractivity contribution in [2.45, 2.75) is 39.3 Å². The van der Waals surface area contributed by atoms with Gasteiger partial charge in [0.05, 0.1) is 31.1 Å². The minimum atomic E-state index is 0.346. The summed E-state index contributed by atoms with van der Waals surface area (Å²) in [6, 6.07) is 0.741. The third kappa shape index (κ3) is 1.92. The molecule has 0 amide bonds. The summed E-state index contributed by atoms with van der Waals surface area (Å²) in [6.45, 7) is 7.65. The van der Waals surface area contributed by atoms with Crippen molar-refractivity contribution < 1.29 is 4.74 Å². The highest BCUT2D eigenvalue weighted by molar-refractivity contribution is 5.83. The largest absolute Gasteiger partial charge is 0.376 e. The van der Waals surface area contributed by atoms with E-state index in [-0.39, 0.29) is 0 Å². The summed E-state index contributed by atoms with van der Waals surface area (Å²) < 4.78 is 5.44. The van der Waals surface area contributed by atoms with Gasteiger partial charge in [-0.15, -0.1) is 0 Å². The van der Waals surface area contributed by atoms with E-state index in [1.807, 2.05) is 20.8 Å². The molecule has 0 saturated heterocycles. The van der Waals surface area contributed by atoms with Gasteiger partial charge in [0.2, 0.25) is 0 Å². The number of aliphatic imine (C=N–C) groups is 1. The van der Waals surface area contributed by atoms with Crippen LogP contribution in [0.1, 0.15) is 27.2 Å². The van der Waals surface area contributed by atoms with Gasteiger partial charge < -0.3 is 10.1 Å². The molecule has 3 rings (SSSR count). The Morgan fingerprint density at radius 3 is 3.06 bits per heavy atom. The van der Waals surface area contributed by atoms with E-state index in [4.69, 9.17) is 4.74 Å². The molecule has 88 valence electrons. The maximum Gasteiger partial charge on any atom is 0.0974 e. The Hall–Kier alpha value is -1.09. The molecule has 0 aromatic heterocycles. The molecule has 0 fully saturated rings. The Balaban J connectivity index is 0.000000457. The summed E-state index contributed by atoms with van der Waals surface area (Å²) in [5.41, 5.74) is 2.82. The highest BCUT2D eigenvalue weighted by atomic mass is 16.5. The Morgan fingerprint density at radius 1 is 1.44 bits per heavy atom. The van der Waals surface area contributed by atoms with Crippen molar-refractivity contribution in [3.05, 3.63) is 23.3 Å². The lowest BCUT2D eigenvalue weighted by atomic mass is 9.87. The molecule has 1 N–H and O–H groups in total. The average molecular weight is 220 g/mol. The first-order chi connectivity index (χ1) is 7.84. The molecule has 0 radical (unpaired) electrons. The van der Waals surface area contributed by atoms with Gasteiger partial charge in [-0.05, 0) is 24.5 Å². The summed E-state index contributed by atoms with van der Waals surface area (Å²) in [6.07, 6.45) is 5.44. The molecule has 2 aliphatic heterocycles. The van der Waals surface area contributed by atoms with Crippen LogP contribution >= 0.6 is 0 Å². The van der Waals surface area contributed by atoms with Crippen LogP contribution in [0.5, 0.6) is 0 Å². The van der Waals surface area contributed by atoms with Gasteiger partial charge in [-0.2, -0.15) is 0 Å². The average Bonchev–Trinajstić information content (AvgIpc) is 2.72.